The van der Waals surface area contributed by atoms with E-state index in [2.05, 4.69) is 27.3 Å². The van der Waals surface area contributed by atoms with Gasteiger partial charge in [0.25, 0.3) is 11.4 Å². The first-order valence-electron chi connectivity index (χ1n) is 6.25. The monoisotopic (exact) mass is 470 g/mol. The first kappa shape index (κ1) is 22.4. The molecule has 0 aliphatic heterocycles. The molecule has 0 aliphatic carbocycles. The molecule has 0 aliphatic rings. The van der Waals surface area contributed by atoms with E-state index in [9.17, 15) is 29.0 Å². The van der Waals surface area contributed by atoms with E-state index in [4.69, 9.17) is 5.11 Å². The lowest BCUT2D eigenvalue weighted by atomic mass is 10.3. The van der Waals surface area contributed by atoms with Crippen molar-refractivity contribution in [2.45, 2.75) is 0 Å². The lowest BCUT2D eigenvalue weighted by molar-refractivity contribution is -0.385. The molecule has 136 valence electrons. The SMILES string of the molecule is CI.COc1cc([N+](=O)[O-])ccc1F.O=[N+]([O-])c1ccc(F)c(O)c1. The predicted octanol–water partition coefficient (Wildman–Crippen LogP) is 4.23. The first-order valence-corrected chi connectivity index (χ1v) is 8.40. The van der Waals surface area contributed by atoms with E-state index in [1.54, 1.807) is 0 Å². The largest absolute Gasteiger partial charge is 0.505 e. The molecule has 0 unspecified atom stereocenters. The highest BCUT2D eigenvalue weighted by Gasteiger charge is 2.10. The molecule has 0 aromatic heterocycles. The quantitative estimate of drug-likeness (QED) is 0.311. The molecule has 2 aromatic carbocycles. The summed E-state index contributed by atoms with van der Waals surface area (Å²) in [5.41, 5.74) is -0.517. The fourth-order valence-corrected chi connectivity index (χ4v) is 1.38. The van der Waals surface area contributed by atoms with E-state index >= 15 is 0 Å². The molecule has 11 heteroatoms. The summed E-state index contributed by atoms with van der Waals surface area (Å²) in [4.78, 5) is 20.9. The highest BCUT2D eigenvalue weighted by Crippen LogP contribution is 2.22. The van der Waals surface area contributed by atoms with E-state index in [-0.39, 0.29) is 17.1 Å². The molecule has 0 saturated carbocycles. The third-order valence-corrected chi connectivity index (χ3v) is 2.49. The normalized spacial score (nSPS) is 9.00. The predicted molar refractivity (Wildman–Crippen MR) is 94.3 cm³/mol. The number of nitrogens with zero attached hydrogens (tertiary/aromatic N) is 2. The standard InChI is InChI=1S/C7H6FNO3.C6H4FNO3.CH3I/c1-12-7-4-5(9(10)11)2-3-6(7)8;7-5-2-1-4(8(10)11)3-6(5)9;1-2/h2-4H,1H3;1-3,9H;1H3. The van der Waals surface area contributed by atoms with Crippen LogP contribution in [-0.2, 0) is 0 Å². The van der Waals surface area contributed by atoms with Crippen LogP contribution in [0.4, 0.5) is 20.2 Å². The van der Waals surface area contributed by atoms with Gasteiger partial charge >= 0.3 is 0 Å². The number of hydrogen-bond acceptors (Lipinski definition) is 6. The number of methoxy groups -OCH3 is 1. The van der Waals surface area contributed by atoms with Crippen LogP contribution in [0.15, 0.2) is 36.4 Å². The summed E-state index contributed by atoms with van der Waals surface area (Å²) >= 11 is 2.15. The third-order valence-electron chi connectivity index (χ3n) is 2.49. The Kier molecular flexibility index (Phi) is 9.93. The number of alkyl halides is 1. The maximum absolute atomic E-state index is 12.7. The molecule has 25 heavy (non-hydrogen) atoms. The molecule has 8 nitrogen and oxygen atoms in total. The molecule has 2 aromatic rings. The molecule has 0 heterocycles. The number of phenolic OH excluding ortho intramolecular Hbond substituents is 1. The molecule has 0 radical (unpaired) electrons. The first-order chi connectivity index (χ1) is 11.8. The number of nitro groups is 2. The minimum atomic E-state index is -0.865. The fraction of sp³-hybridized carbons (Fsp3) is 0.143. The van der Waals surface area contributed by atoms with Crippen molar-refractivity contribution < 1.29 is 28.5 Å². The smallest absolute Gasteiger partial charge is 0.273 e. The zero-order valence-electron chi connectivity index (χ0n) is 13.0. The second kappa shape index (κ2) is 11.1. The highest BCUT2D eigenvalue weighted by molar-refractivity contribution is 14.1. The Morgan fingerprint density at radius 2 is 1.40 bits per heavy atom. The number of halogens is 3. The number of hydrogen-bond donors (Lipinski definition) is 1. The van der Waals surface area contributed by atoms with Crippen LogP contribution in [0.2, 0.25) is 0 Å². The van der Waals surface area contributed by atoms with Crippen molar-refractivity contribution in [3.63, 3.8) is 0 Å². The van der Waals surface area contributed by atoms with Crippen LogP contribution in [0.1, 0.15) is 0 Å². The van der Waals surface area contributed by atoms with Crippen LogP contribution in [-0.4, -0.2) is 27.0 Å². The summed E-state index contributed by atoms with van der Waals surface area (Å²) in [6, 6.07) is 5.70. The number of rotatable bonds is 3. The van der Waals surface area contributed by atoms with Crippen molar-refractivity contribution in [2.24, 2.45) is 0 Å². The Bertz CT molecular complexity index is 745. The van der Waals surface area contributed by atoms with Crippen LogP contribution in [0, 0.1) is 31.9 Å². The third kappa shape index (κ3) is 7.24. The summed E-state index contributed by atoms with van der Waals surface area (Å²) in [5, 5.41) is 28.9. The maximum atomic E-state index is 12.7. The van der Waals surface area contributed by atoms with E-state index in [0.717, 1.165) is 36.4 Å². The Balaban J connectivity index is 0.000000421. The van der Waals surface area contributed by atoms with Gasteiger partial charge in [-0.1, -0.05) is 22.6 Å². The molecular weight excluding hydrogens is 457 g/mol. The fourth-order valence-electron chi connectivity index (χ4n) is 1.38. The lowest BCUT2D eigenvalue weighted by Crippen LogP contribution is -1.92. The number of phenols is 1. The van der Waals surface area contributed by atoms with Crippen LogP contribution in [0.25, 0.3) is 0 Å². The molecule has 0 amide bonds. The molecule has 2 rings (SSSR count). The summed E-state index contributed by atoms with van der Waals surface area (Å²) in [6.07, 6.45) is 0. The van der Waals surface area contributed by atoms with Gasteiger partial charge in [0.05, 0.1) is 29.1 Å². The molecular formula is C14H13F2IN2O6. The van der Waals surface area contributed by atoms with Crippen molar-refractivity contribution in [3.8, 4) is 11.5 Å². The van der Waals surface area contributed by atoms with Crippen LogP contribution >= 0.6 is 22.6 Å². The number of nitro benzene ring substituents is 2. The van der Waals surface area contributed by atoms with Crippen molar-refractivity contribution >= 4 is 34.0 Å². The van der Waals surface area contributed by atoms with Crippen molar-refractivity contribution in [1.29, 1.82) is 0 Å². The maximum Gasteiger partial charge on any atom is 0.273 e. The van der Waals surface area contributed by atoms with Gasteiger partial charge in [-0.25, -0.2) is 8.78 Å². The van der Waals surface area contributed by atoms with Gasteiger partial charge in [0.1, 0.15) is 0 Å². The van der Waals surface area contributed by atoms with E-state index < -0.39 is 27.2 Å². The van der Waals surface area contributed by atoms with E-state index in [1.807, 2.05) is 4.93 Å². The Labute approximate surface area is 154 Å². The minimum Gasteiger partial charge on any atom is -0.505 e. The van der Waals surface area contributed by atoms with Gasteiger partial charge in [0.15, 0.2) is 23.1 Å². The van der Waals surface area contributed by atoms with Gasteiger partial charge in [-0.15, -0.1) is 0 Å². The average Bonchev–Trinajstić information content (AvgIpc) is 2.59. The molecule has 0 atom stereocenters. The van der Waals surface area contributed by atoms with Gasteiger partial charge in [-0.2, -0.15) is 0 Å². The van der Waals surface area contributed by atoms with Gasteiger partial charge in [0, 0.05) is 12.1 Å². The highest BCUT2D eigenvalue weighted by atomic mass is 127. The number of aromatic hydroxyl groups is 1. The second-order valence-corrected chi connectivity index (χ2v) is 3.97. The summed E-state index contributed by atoms with van der Waals surface area (Å²) in [5.74, 6) is -2.30. The average molecular weight is 470 g/mol. The van der Waals surface area contributed by atoms with Crippen molar-refractivity contribution in [1.82, 2.24) is 0 Å². The molecule has 0 saturated heterocycles. The van der Waals surface area contributed by atoms with Gasteiger partial charge in [-0.05, 0) is 17.1 Å². The Hall–Kier alpha value is -2.57. The lowest BCUT2D eigenvalue weighted by Gasteiger charge is -1.99. The molecule has 0 fully saturated rings. The van der Waals surface area contributed by atoms with Gasteiger partial charge < -0.3 is 9.84 Å². The Morgan fingerprint density at radius 1 is 0.960 bits per heavy atom. The molecule has 0 spiro atoms. The van der Waals surface area contributed by atoms with Gasteiger partial charge in [-0.3, -0.25) is 20.2 Å². The minimum absolute atomic E-state index is 0.121. The van der Waals surface area contributed by atoms with Crippen molar-refractivity contribution in [2.75, 3.05) is 12.0 Å². The van der Waals surface area contributed by atoms with E-state index in [1.165, 1.54) is 7.11 Å². The van der Waals surface area contributed by atoms with Crippen LogP contribution in [0.3, 0.4) is 0 Å². The number of non-ortho nitro benzene ring substituents is 2. The van der Waals surface area contributed by atoms with Crippen LogP contribution < -0.4 is 4.74 Å². The number of ether oxygens (including phenoxy) is 1. The zero-order chi connectivity index (χ0) is 19.6. The molecule has 0 bridgehead atoms. The Morgan fingerprint density at radius 3 is 1.80 bits per heavy atom. The van der Waals surface area contributed by atoms with Crippen LogP contribution in [0.5, 0.6) is 11.5 Å². The topological polar surface area (TPSA) is 116 Å². The summed E-state index contributed by atoms with van der Waals surface area (Å²) in [6.45, 7) is 0. The van der Waals surface area contributed by atoms with Crippen molar-refractivity contribution in [3.05, 3.63) is 68.3 Å². The second-order valence-electron chi connectivity index (χ2n) is 3.97. The number of benzene rings is 2. The summed E-state index contributed by atoms with van der Waals surface area (Å²) in [7, 11) is 1.25. The molecule has 1 N–H and O–H groups in total. The van der Waals surface area contributed by atoms with E-state index in [0.29, 0.717) is 0 Å². The zero-order valence-corrected chi connectivity index (χ0v) is 15.1. The summed E-state index contributed by atoms with van der Waals surface area (Å²) < 4.78 is 29.5. The van der Waals surface area contributed by atoms with Gasteiger partial charge in [0.2, 0.25) is 0 Å².